The molecular formula is C18H29IN4O3. The van der Waals surface area contributed by atoms with E-state index in [1.807, 2.05) is 26.0 Å². The molecule has 8 heteroatoms. The second-order valence-electron chi connectivity index (χ2n) is 5.77. The highest BCUT2D eigenvalue weighted by Gasteiger charge is 2.21. The van der Waals surface area contributed by atoms with Crippen molar-refractivity contribution in [2.24, 2.45) is 4.99 Å². The van der Waals surface area contributed by atoms with Gasteiger partial charge in [-0.25, -0.2) is 4.99 Å². The molecule has 0 radical (unpaired) electrons. The highest BCUT2D eigenvalue weighted by molar-refractivity contribution is 14.0. The Morgan fingerprint density at radius 3 is 2.31 bits per heavy atom. The van der Waals surface area contributed by atoms with Gasteiger partial charge in [0.2, 0.25) is 5.91 Å². The Labute approximate surface area is 172 Å². The number of nitrogens with zero attached hydrogens (tertiary/aromatic N) is 2. The molecule has 7 nitrogen and oxygen atoms in total. The maximum absolute atomic E-state index is 11.7. The largest absolute Gasteiger partial charge is 0.493 e. The van der Waals surface area contributed by atoms with Gasteiger partial charge in [-0.05, 0) is 43.5 Å². The standard InChI is InChI=1S/C18H28N4O3.HI/c1-5-19-17(23)11-21-18(20-6-2)22-8-7-13-9-15(24-3)16(25-4)10-14(13)12-22;/h9-10H,5-8,11-12H2,1-4H3,(H,19,23)(H,20,21);1H. The summed E-state index contributed by atoms with van der Waals surface area (Å²) in [6.45, 7) is 6.97. The van der Waals surface area contributed by atoms with Gasteiger partial charge in [0.15, 0.2) is 17.5 Å². The molecule has 1 aliphatic rings. The van der Waals surface area contributed by atoms with Crippen LogP contribution >= 0.6 is 24.0 Å². The van der Waals surface area contributed by atoms with Crippen LogP contribution in [0.4, 0.5) is 0 Å². The summed E-state index contributed by atoms with van der Waals surface area (Å²) in [6, 6.07) is 4.07. The van der Waals surface area contributed by atoms with Crippen molar-refractivity contribution in [1.29, 1.82) is 0 Å². The fourth-order valence-electron chi connectivity index (χ4n) is 2.89. The molecule has 0 saturated heterocycles. The number of hydrogen-bond donors (Lipinski definition) is 2. The van der Waals surface area contributed by atoms with E-state index in [1.165, 1.54) is 11.1 Å². The molecule has 0 unspecified atom stereocenters. The molecule has 1 aromatic rings. The van der Waals surface area contributed by atoms with Crippen molar-refractivity contribution in [2.75, 3.05) is 40.4 Å². The third kappa shape index (κ3) is 5.65. The topological polar surface area (TPSA) is 75.2 Å². The van der Waals surface area contributed by atoms with Crippen LogP contribution in [-0.4, -0.2) is 57.2 Å². The Kier molecular flexibility index (Phi) is 9.53. The number of halogens is 1. The lowest BCUT2D eigenvalue weighted by atomic mass is 9.99. The molecule has 0 saturated carbocycles. The molecule has 0 bridgehead atoms. The number of fused-ring (bicyclic) bond motifs is 1. The molecule has 26 heavy (non-hydrogen) atoms. The molecule has 0 aliphatic carbocycles. The Bertz CT molecular complexity index is 637. The fraction of sp³-hybridized carbons (Fsp3) is 0.556. The smallest absolute Gasteiger partial charge is 0.241 e. The molecule has 0 spiro atoms. The maximum atomic E-state index is 11.7. The number of carbonyl (C=O) groups is 1. The highest BCUT2D eigenvalue weighted by Crippen LogP contribution is 2.33. The summed E-state index contributed by atoms with van der Waals surface area (Å²) in [5.41, 5.74) is 2.45. The van der Waals surface area contributed by atoms with Crippen LogP contribution in [0, 0.1) is 0 Å². The first-order valence-corrected chi connectivity index (χ1v) is 8.66. The van der Waals surface area contributed by atoms with Crippen molar-refractivity contribution in [3.05, 3.63) is 23.3 Å². The van der Waals surface area contributed by atoms with Gasteiger partial charge in [0.1, 0.15) is 6.54 Å². The normalized spacial score (nSPS) is 13.4. The SMILES string of the molecule is CCNC(=O)CN=C(NCC)N1CCc2cc(OC)c(OC)cc2C1.I. The van der Waals surface area contributed by atoms with Crippen LogP contribution in [0.3, 0.4) is 0 Å². The summed E-state index contributed by atoms with van der Waals surface area (Å²) in [5, 5.41) is 6.04. The van der Waals surface area contributed by atoms with Gasteiger partial charge in [-0.3, -0.25) is 4.79 Å². The van der Waals surface area contributed by atoms with Gasteiger partial charge in [-0.1, -0.05) is 0 Å². The number of benzene rings is 1. The molecule has 0 aromatic heterocycles. The van der Waals surface area contributed by atoms with Gasteiger partial charge in [-0.2, -0.15) is 0 Å². The zero-order valence-corrected chi connectivity index (χ0v) is 18.3. The lowest BCUT2D eigenvalue weighted by Gasteiger charge is -2.32. The molecule has 1 heterocycles. The van der Waals surface area contributed by atoms with E-state index in [0.717, 1.165) is 43.5 Å². The summed E-state index contributed by atoms with van der Waals surface area (Å²) in [7, 11) is 3.29. The molecule has 146 valence electrons. The summed E-state index contributed by atoms with van der Waals surface area (Å²) < 4.78 is 10.8. The first kappa shape index (κ1) is 22.3. The number of likely N-dealkylation sites (N-methyl/N-ethyl adjacent to an activating group) is 1. The molecular weight excluding hydrogens is 447 g/mol. The van der Waals surface area contributed by atoms with E-state index in [9.17, 15) is 4.79 Å². The number of hydrogen-bond acceptors (Lipinski definition) is 4. The fourth-order valence-corrected chi connectivity index (χ4v) is 2.89. The third-order valence-corrected chi connectivity index (χ3v) is 4.10. The van der Waals surface area contributed by atoms with Gasteiger partial charge in [0, 0.05) is 26.2 Å². The van der Waals surface area contributed by atoms with E-state index in [0.29, 0.717) is 6.54 Å². The maximum Gasteiger partial charge on any atom is 0.241 e. The number of rotatable bonds is 6. The third-order valence-electron chi connectivity index (χ3n) is 4.10. The van der Waals surface area contributed by atoms with E-state index in [2.05, 4.69) is 20.5 Å². The Morgan fingerprint density at radius 2 is 1.73 bits per heavy atom. The van der Waals surface area contributed by atoms with Crippen LogP contribution in [0.15, 0.2) is 17.1 Å². The Morgan fingerprint density at radius 1 is 1.12 bits per heavy atom. The van der Waals surface area contributed by atoms with E-state index in [4.69, 9.17) is 9.47 Å². The van der Waals surface area contributed by atoms with Crippen molar-refractivity contribution in [3.63, 3.8) is 0 Å². The number of ether oxygens (including phenoxy) is 2. The van der Waals surface area contributed by atoms with Gasteiger partial charge < -0.3 is 25.0 Å². The average Bonchev–Trinajstić information content (AvgIpc) is 2.63. The first-order chi connectivity index (χ1) is 12.1. The minimum atomic E-state index is -0.0679. The van der Waals surface area contributed by atoms with Crippen LogP contribution < -0.4 is 20.1 Å². The number of aliphatic imine (C=N–C) groups is 1. The van der Waals surface area contributed by atoms with E-state index < -0.39 is 0 Å². The second kappa shape index (κ2) is 11.1. The summed E-state index contributed by atoms with van der Waals surface area (Å²) in [4.78, 5) is 18.3. The van der Waals surface area contributed by atoms with Crippen molar-refractivity contribution in [3.8, 4) is 11.5 Å². The molecule has 1 aromatic carbocycles. The van der Waals surface area contributed by atoms with Crippen LogP contribution in [-0.2, 0) is 17.8 Å². The van der Waals surface area contributed by atoms with Crippen molar-refractivity contribution >= 4 is 35.8 Å². The summed E-state index contributed by atoms with van der Waals surface area (Å²) in [6.07, 6.45) is 0.890. The summed E-state index contributed by atoms with van der Waals surface area (Å²) in [5.74, 6) is 2.18. The number of carbonyl (C=O) groups excluding carboxylic acids is 1. The van der Waals surface area contributed by atoms with Gasteiger partial charge >= 0.3 is 0 Å². The van der Waals surface area contributed by atoms with Crippen LogP contribution in [0.2, 0.25) is 0 Å². The van der Waals surface area contributed by atoms with Crippen LogP contribution in [0.5, 0.6) is 11.5 Å². The predicted molar refractivity (Wildman–Crippen MR) is 114 cm³/mol. The minimum absolute atomic E-state index is 0. The lowest BCUT2D eigenvalue weighted by Crippen LogP contribution is -2.44. The van der Waals surface area contributed by atoms with Gasteiger partial charge in [0.05, 0.1) is 14.2 Å². The van der Waals surface area contributed by atoms with Crippen molar-refractivity contribution in [1.82, 2.24) is 15.5 Å². The van der Waals surface area contributed by atoms with Crippen LogP contribution in [0.1, 0.15) is 25.0 Å². The number of guanidine groups is 1. The Balaban J connectivity index is 0.00000338. The lowest BCUT2D eigenvalue weighted by molar-refractivity contribution is -0.119. The van der Waals surface area contributed by atoms with Crippen molar-refractivity contribution in [2.45, 2.75) is 26.8 Å². The number of amides is 1. The summed E-state index contributed by atoms with van der Waals surface area (Å²) >= 11 is 0. The molecule has 1 amide bonds. The predicted octanol–water partition coefficient (Wildman–Crippen LogP) is 1.78. The quantitative estimate of drug-likeness (QED) is 0.372. The zero-order chi connectivity index (χ0) is 18.2. The van der Waals surface area contributed by atoms with E-state index in [-0.39, 0.29) is 36.4 Å². The molecule has 2 rings (SSSR count). The highest BCUT2D eigenvalue weighted by atomic mass is 127. The number of methoxy groups -OCH3 is 2. The van der Waals surface area contributed by atoms with E-state index >= 15 is 0 Å². The van der Waals surface area contributed by atoms with Crippen molar-refractivity contribution < 1.29 is 14.3 Å². The monoisotopic (exact) mass is 476 g/mol. The van der Waals surface area contributed by atoms with Gasteiger partial charge in [0.25, 0.3) is 0 Å². The molecule has 1 aliphatic heterocycles. The van der Waals surface area contributed by atoms with E-state index in [1.54, 1.807) is 14.2 Å². The Hall–Kier alpha value is -1.71. The van der Waals surface area contributed by atoms with Crippen LogP contribution in [0.25, 0.3) is 0 Å². The minimum Gasteiger partial charge on any atom is -0.493 e. The molecule has 0 atom stereocenters. The molecule has 2 N–H and O–H groups in total. The van der Waals surface area contributed by atoms with Gasteiger partial charge in [-0.15, -0.1) is 24.0 Å². The zero-order valence-electron chi connectivity index (χ0n) is 15.9. The molecule has 0 fully saturated rings. The average molecular weight is 476 g/mol. The first-order valence-electron chi connectivity index (χ1n) is 8.66. The number of nitrogens with one attached hydrogen (secondary N) is 2. The second-order valence-corrected chi connectivity index (χ2v) is 5.77.